The van der Waals surface area contributed by atoms with Gasteiger partial charge in [0.25, 0.3) is 0 Å². The van der Waals surface area contributed by atoms with Gasteiger partial charge in [0, 0.05) is 10.8 Å². The summed E-state index contributed by atoms with van der Waals surface area (Å²) in [6.07, 6.45) is 9.68. The van der Waals surface area contributed by atoms with Gasteiger partial charge in [0.15, 0.2) is 0 Å². The fourth-order valence-electron chi connectivity index (χ4n) is 3.33. The molecule has 2 nitrogen and oxygen atoms in total. The first-order chi connectivity index (χ1) is 13.7. The topological polar surface area (TPSA) is 18.5 Å². The van der Waals surface area contributed by atoms with E-state index < -0.39 is 0 Å². The van der Waals surface area contributed by atoms with Gasteiger partial charge >= 0.3 is 0 Å². The number of thiophene rings is 2. The van der Waals surface area contributed by atoms with Gasteiger partial charge in [-0.1, -0.05) is 52.4 Å². The Kier molecular flexibility index (Phi) is 8.95. The van der Waals surface area contributed by atoms with E-state index in [0.29, 0.717) is 0 Å². The molecule has 2 aromatic heterocycles. The summed E-state index contributed by atoms with van der Waals surface area (Å²) in [5, 5.41) is 2.33. The molecule has 28 heavy (non-hydrogen) atoms. The molecule has 0 aliphatic carbocycles. The van der Waals surface area contributed by atoms with Crippen molar-refractivity contribution in [1.29, 1.82) is 0 Å². The minimum Gasteiger partial charge on any atom is -0.491 e. The number of benzene rings is 1. The Labute approximate surface area is 192 Å². The minimum atomic E-state index is 0.768. The van der Waals surface area contributed by atoms with E-state index in [1.54, 1.807) is 22.7 Å². The first-order valence-electron chi connectivity index (χ1n) is 10.2. The normalized spacial score (nSPS) is 11.6. The molecule has 1 aromatic carbocycles. The molecule has 3 rings (SSSR count). The lowest BCUT2D eigenvalue weighted by atomic mass is 10.1. The summed E-state index contributed by atoms with van der Waals surface area (Å²) in [6, 6.07) is 4.36. The van der Waals surface area contributed by atoms with E-state index in [1.807, 2.05) is 0 Å². The number of rotatable bonds is 12. The highest BCUT2D eigenvalue weighted by Gasteiger charge is 2.21. The molecule has 0 aliphatic heterocycles. The summed E-state index contributed by atoms with van der Waals surface area (Å²) in [7, 11) is 0. The van der Waals surface area contributed by atoms with Crippen LogP contribution in [-0.2, 0) is 0 Å². The first-order valence-corrected chi connectivity index (χ1v) is 13.5. The summed E-state index contributed by atoms with van der Waals surface area (Å²) in [5.41, 5.74) is 0. The molecular formula is C22H28Br2O2S2. The maximum Gasteiger partial charge on any atom is 0.146 e. The third kappa shape index (κ3) is 5.44. The zero-order valence-electron chi connectivity index (χ0n) is 16.6. The summed E-state index contributed by atoms with van der Waals surface area (Å²) in [4.78, 5) is 0. The molecule has 3 aromatic rings. The molecule has 0 saturated carbocycles. The van der Waals surface area contributed by atoms with Gasteiger partial charge in [-0.3, -0.25) is 0 Å². The summed E-state index contributed by atoms with van der Waals surface area (Å²) in [6.45, 7) is 6.01. The molecule has 0 fully saturated rings. The second-order valence-electron chi connectivity index (χ2n) is 7.06. The number of hydrogen-bond acceptors (Lipinski definition) is 4. The smallest absolute Gasteiger partial charge is 0.146 e. The lowest BCUT2D eigenvalue weighted by Crippen LogP contribution is -2.00. The van der Waals surface area contributed by atoms with E-state index in [2.05, 4.69) is 57.8 Å². The van der Waals surface area contributed by atoms with E-state index in [4.69, 9.17) is 9.47 Å². The van der Waals surface area contributed by atoms with E-state index in [1.165, 1.54) is 47.9 Å². The summed E-state index contributed by atoms with van der Waals surface area (Å²) in [5.74, 6) is 2.02. The van der Waals surface area contributed by atoms with Crippen LogP contribution in [0.15, 0.2) is 19.7 Å². The van der Waals surface area contributed by atoms with Gasteiger partial charge in [0.2, 0.25) is 0 Å². The second kappa shape index (κ2) is 11.2. The predicted octanol–water partition coefficient (Wildman–Crippen LogP) is 9.56. The molecule has 2 heterocycles. The van der Waals surface area contributed by atoms with E-state index in [0.717, 1.165) is 55.9 Å². The lowest BCUT2D eigenvalue weighted by molar-refractivity contribution is 0.307. The molecule has 154 valence electrons. The zero-order valence-corrected chi connectivity index (χ0v) is 21.4. The third-order valence-electron chi connectivity index (χ3n) is 4.79. The van der Waals surface area contributed by atoms with Gasteiger partial charge in [-0.25, -0.2) is 0 Å². The van der Waals surface area contributed by atoms with Crippen molar-refractivity contribution >= 4 is 74.7 Å². The molecule has 0 N–H and O–H groups in total. The molecule has 0 saturated heterocycles. The largest absolute Gasteiger partial charge is 0.491 e. The van der Waals surface area contributed by atoms with Crippen molar-refractivity contribution in [2.45, 2.75) is 65.2 Å². The number of hydrogen-bond donors (Lipinski definition) is 0. The van der Waals surface area contributed by atoms with Crippen LogP contribution in [-0.4, -0.2) is 13.2 Å². The van der Waals surface area contributed by atoms with Crippen LogP contribution < -0.4 is 9.47 Å². The van der Waals surface area contributed by atoms with E-state index >= 15 is 0 Å². The Morgan fingerprint density at radius 3 is 1.50 bits per heavy atom. The van der Waals surface area contributed by atoms with Gasteiger partial charge in [0.05, 0.1) is 30.2 Å². The van der Waals surface area contributed by atoms with Crippen LogP contribution in [0.2, 0.25) is 0 Å². The van der Waals surface area contributed by atoms with Crippen LogP contribution in [0.1, 0.15) is 65.2 Å². The van der Waals surface area contributed by atoms with Crippen molar-refractivity contribution in [1.82, 2.24) is 0 Å². The third-order valence-corrected chi connectivity index (χ3v) is 8.07. The Balaban J connectivity index is 1.91. The Morgan fingerprint density at radius 2 is 1.11 bits per heavy atom. The number of fused-ring (bicyclic) bond motifs is 2. The Morgan fingerprint density at radius 1 is 0.679 bits per heavy atom. The van der Waals surface area contributed by atoms with Gasteiger partial charge in [-0.15, -0.1) is 22.7 Å². The number of ether oxygens (including phenoxy) is 2. The van der Waals surface area contributed by atoms with E-state index in [9.17, 15) is 0 Å². The molecule has 0 unspecified atom stereocenters. The van der Waals surface area contributed by atoms with Crippen molar-refractivity contribution in [2.24, 2.45) is 0 Å². The molecular weight excluding hydrogens is 520 g/mol. The maximum atomic E-state index is 6.34. The second-order valence-corrected chi connectivity index (χ2v) is 11.9. The average molecular weight is 548 g/mol. The van der Waals surface area contributed by atoms with Crippen molar-refractivity contribution < 1.29 is 9.47 Å². The zero-order chi connectivity index (χ0) is 19.9. The monoisotopic (exact) mass is 546 g/mol. The van der Waals surface area contributed by atoms with Crippen LogP contribution in [0.5, 0.6) is 11.5 Å². The molecule has 0 aliphatic rings. The molecule has 0 amide bonds. The highest BCUT2D eigenvalue weighted by Crippen LogP contribution is 2.51. The van der Waals surface area contributed by atoms with Crippen LogP contribution in [0.25, 0.3) is 20.2 Å². The summed E-state index contributed by atoms with van der Waals surface area (Å²) >= 11 is 10.8. The molecule has 6 heteroatoms. The van der Waals surface area contributed by atoms with Crippen molar-refractivity contribution in [3.05, 3.63) is 19.7 Å². The molecule has 0 radical (unpaired) electrons. The molecule has 0 atom stereocenters. The highest BCUT2D eigenvalue weighted by atomic mass is 79.9. The van der Waals surface area contributed by atoms with E-state index in [-0.39, 0.29) is 0 Å². The van der Waals surface area contributed by atoms with Crippen molar-refractivity contribution in [3.63, 3.8) is 0 Å². The Bertz CT molecular complexity index is 774. The first kappa shape index (κ1) is 22.4. The van der Waals surface area contributed by atoms with Gasteiger partial charge in [-0.2, -0.15) is 0 Å². The van der Waals surface area contributed by atoms with Crippen molar-refractivity contribution in [3.8, 4) is 11.5 Å². The van der Waals surface area contributed by atoms with Gasteiger partial charge in [0.1, 0.15) is 11.5 Å². The Hall–Kier alpha value is -0.300. The van der Waals surface area contributed by atoms with Gasteiger partial charge in [-0.05, 0) is 56.8 Å². The van der Waals surface area contributed by atoms with Crippen LogP contribution in [0.3, 0.4) is 0 Å². The van der Waals surface area contributed by atoms with Gasteiger partial charge < -0.3 is 9.47 Å². The minimum absolute atomic E-state index is 0.768. The highest BCUT2D eigenvalue weighted by molar-refractivity contribution is 9.11. The number of unbranched alkanes of at least 4 members (excludes halogenated alkanes) is 6. The molecule has 0 spiro atoms. The average Bonchev–Trinajstić information content (AvgIpc) is 3.24. The quantitative estimate of drug-likeness (QED) is 0.210. The van der Waals surface area contributed by atoms with Crippen LogP contribution >= 0.6 is 54.5 Å². The van der Waals surface area contributed by atoms with Crippen LogP contribution in [0, 0.1) is 0 Å². The standard InChI is InChI=1S/C22H28Br2O2S2/c1-3-5-7-9-11-25-19-15-13-17(23)28-22(15)20(26-12-10-8-6-4-2)16-14-18(24)27-21(16)19/h13-14H,3-12H2,1-2H3. The fraction of sp³-hybridized carbons (Fsp3) is 0.545. The number of halogens is 2. The molecule has 0 bridgehead atoms. The fourth-order valence-corrected chi connectivity index (χ4v) is 6.55. The lowest BCUT2D eigenvalue weighted by Gasteiger charge is -2.13. The maximum absolute atomic E-state index is 6.34. The predicted molar refractivity (Wildman–Crippen MR) is 132 cm³/mol. The summed E-state index contributed by atoms with van der Waals surface area (Å²) < 4.78 is 17.3. The van der Waals surface area contributed by atoms with Crippen molar-refractivity contribution in [2.75, 3.05) is 13.2 Å². The SMILES string of the molecule is CCCCCCOc1c2cc(Br)sc2c(OCCCCCC)c2cc(Br)sc12. The van der Waals surface area contributed by atoms with Crippen LogP contribution in [0.4, 0.5) is 0 Å².